The molecule has 2 aromatic heterocycles. The smallest absolute Gasteiger partial charge is 0.137 e. The number of aromatic amines is 1. The molecule has 128 valence electrons. The Balaban J connectivity index is 1.52. The fourth-order valence-corrected chi connectivity index (χ4v) is 3.65. The summed E-state index contributed by atoms with van der Waals surface area (Å²) in [6, 6.07) is 6.82. The minimum absolute atomic E-state index is 0.0741. The summed E-state index contributed by atoms with van der Waals surface area (Å²) in [5.74, 6) is -0.451. The Morgan fingerprint density at radius 3 is 3.04 bits per heavy atom. The number of hydrogen-bond acceptors (Lipinski definition) is 3. The van der Waals surface area contributed by atoms with Crippen LogP contribution in [0.4, 0.5) is 4.39 Å². The lowest BCUT2D eigenvalue weighted by Gasteiger charge is -2.26. The first-order chi connectivity index (χ1) is 12.1. The molecule has 3 aromatic rings. The van der Waals surface area contributed by atoms with E-state index in [1.807, 2.05) is 12.3 Å². The van der Waals surface area contributed by atoms with Crippen molar-refractivity contribution >= 4 is 32.5 Å². The van der Waals surface area contributed by atoms with Crippen LogP contribution in [0.15, 0.2) is 47.2 Å². The minimum atomic E-state index is -0.377. The first kappa shape index (κ1) is 16.3. The second-order valence-corrected chi connectivity index (χ2v) is 7.07. The van der Waals surface area contributed by atoms with Crippen LogP contribution in [0.2, 0.25) is 0 Å². The maximum Gasteiger partial charge on any atom is 0.137 e. The van der Waals surface area contributed by atoms with Crippen LogP contribution in [0, 0.1) is 5.82 Å². The third-order valence-corrected chi connectivity index (χ3v) is 5.24. The summed E-state index contributed by atoms with van der Waals surface area (Å²) in [5, 5.41) is 10.7. The summed E-state index contributed by atoms with van der Waals surface area (Å²) in [7, 11) is 0. The predicted octanol–water partition coefficient (Wildman–Crippen LogP) is 4.46. The van der Waals surface area contributed by atoms with Gasteiger partial charge in [-0.25, -0.2) is 9.37 Å². The summed E-state index contributed by atoms with van der Waals surface area (Å²) < 4.78 is 14.5. The van der Waals surface area contributed by atoms with Crippen LogP contribution in [0.5, 0.6) is 5.75 Å². The van der Waals surface area contributed by atoms with E-state index in [1.165, 1.54) is 11.1 Å². The molecule has 0 amide bonds. The van der Waals surface area contributed by atoms with Crippen LogP contribution in [0.25, 0.3) is 16.6 Å². The molecule has 3 heterocycles. The number of H-pyrrole nitrogens is 1. The molecule has 0 bridgehead atoms. The number of aromatic nitrogens is 2. The Kier molecular flexibility index (Phi) is 4.31. The SMILES string of the molecule is Oc1cc(F)c(CN2CC=C(c3c[nH]c4ncccc34)CC2)cc1Br. The Hall–Kier alpha value is -2.18. The lowest BCUT2D eigenvalue weighted by Crippen LogP contribution is -2.28. The molecule has 1 aromatic carbocycles. The maximum absolute atomic E-state index is 14.0. The van der Waals surface area contributed by atoms with Gasteiger partial charge in [0.15, 0.2) is 0 Å². The van der Waals surface area contributed by atoms with Crippen LogP contribution in [-0.2, 0) is 6.54 Å². The molecule has 0 saturated heterocycles. The lowest BCUT2D eigenvalue weighted by molar-refractivity contribution is 0.289. The molecule has 25 heavy (non-hydrogen) atoms. The first-order valence-corrected chi connectivity index (χ1v) is 8.92. The van der Waals surface area contributed by atoms with Crippen LogP contribution in [0.3, 0.4) is 0 Å². The van der Waals surface area contributed by atoms with Crippen molar-refractivity contribution in [2.45, 2.75) is 13.0 Å². The molecule has 0 unspecified atom stereocenters. The molecule has 0 radical (unpaired) electrons. The van der Waals surface area contributed by atoms with Crippen molar-refractivity contribution in [2.24, 2.45) is 0 Å². The Bertz CT molecular complexity index is 966. The van der Waals surface area contributed by atoms with E-state index in [2.05, 4.69) is 42.9 Å². The highest BCUT2D eigenvalue weighted by Crippen LogP contribution is 2.30. The molecule has 0 aliphatic carbocycles. The molecule has 2 N–H and O–H groups in total. The van der Waals surface area contributed by atoms with Crippen LogP contribution in [0.1, 0.15) is 17.5 Å². The number of pyridine rings is 1. The van der Waals surface area contributed by atoms with Gasteiger partial charge in [-0.1, -0.05) is 6.08 Å². The number of phenolic OH excluding ortho intramolecular Hbond substituents is 1. The lowest BCUT2D eigenvalue weighted by atomic mass is 9.99. The summed E-state index contributed by atoms with van der Waals surface area (Å²) >= 11 is 3.25. The quantitative estimate of drug-likeness (QED) is 0.680. The first-order valence-electron chi connectivity index (χ1n) is 8.12. The van der Waals surface area contributed by atoms with E-state index in [1.54, 1.807) is 12.3 Å². The summed E-state index contributed by atoms with van der Waals surface area (Å²) in [4.78, 5) is 9.74. The standard InChI is InChI=1S/C19H17BrFN3O/c20-16-8-13(17(21)9-18(16)25)11-24-6-3-12(4-7-24)15-10-23-19-14(15)2-1-5-22-19/h1-3,5,8-10,25H,4,6-7,11H2,(H,22,23). The van der Waals surface area contributed by atoms with Gasteiger partial charge in [-0.05, 0) is 46.1 Å². The fraction of sp³-hybridized carbons (Fsp3) is 0.211. The summed E-state index contributed by atoms with van der Waals surface area (Å²) in [5.41, 5.74) is 3.97. The van der Waals surface area contributed by atoms with E-state index < -0.39 is 0 Å². The number of benzene rings is 1. The van der Waals surface area contributed by atoms with Crippen LogP contribution < -0.4 is 0 Å². The molecule has 4 nitrogen and oxygen atoms in total. The monoisotopic (exact) mass is 401 g/mol. The number of nitrogens with one attached hydrogen (secondary N) is 1. The van der Waals surface area contributed by atoms with Gasteiger partial charge in [-0.2, -0.15) is 0 Å². The minimum Gasteiger partial charge on any atom is -0.507 e. The molecule has 0 atom stereocenters. The molecular formula is C19H17BrFN3O. The van der Waals surface area contributed by atoms with Crippen molar-refractivity contribution in [2.75, 3.05) is 13.1 Å². The highest BCUT2D eigenvalue weighted by atomic mass is 79.9. The number of nitrogens with zero attached hydrogens (tertiary/aromatic N) is 2. The molecule has 6 heteroatoms. The number of halogens is 2. The highest BCUT2D eigenvalue weighted by Gasteiger charge is 2.18. The van der Waals surface area contributed by atoms with Gasteiger partial charge in [-0.3, -0.25) is 4.90 Å². The average Bonchev–Trinajstić information content (AvgIpc) is 3.04. The molecule has 4 rings (SSSR count). The predicted molar refractivity (Wildman–Crippen MR) is 99.7 cm³/mol. The van der Waals surface area contributed by atoms with Gasteiger partial charge in [0.2, 0.25) is 0 Å². The third kappa shape index (κ3) is 3.19. The van der Waals surface area contributed by atoms with Crippen LogP contribution >= 0.6 is 15.9 Å². The van der Waals surface area contributed by atoms with E-state index in [4.69, 9.17) is 0 Å². The van der Waals surface area contributed by atoms with Crippen molar-refractivity contribution in [3.05, 3.63) is 64.2 Å². The zero-order valence-corrected chi connectivity index (χ0v) is 15.1. The van der Waals surface area contributed by atoms with Crippen molar-refractivity contribution in [3.8, 4) is 5.75 Å². The number of phenols is 1. The normalized spacial score (nSPS) is 15.5. The number of hydrogen-bond donors (Lipinski definition) is 2. The summed E-state index contributed by atoms with van der Waals surface area (Å²) in [6.07, 6.45) is 6.90. The van der Waals surface area contributed by atoms with Crippen molar-refractivity contribution in [1.29, 1.82) is 0 Å². The Morgan fingerprint density at radius 2 is 2.24 bits per heavy atom. The van der Waals surface area contributed by atoms with Gasteiger partial charge in [-0.15, -0.1) is 0 Å². The van der Waals surface area contributed by atoms with Gasteiger partial charge in [0.25, 0.3) is 0 Å². The van der Waals surface area contributed by atoms with E-state index in [9.17, 15) is 9.50 Å². The van der Waals surface area contributed by atoms with E-state index in [0.29, 0.717) is 16.6 Å². The molecule has 0 fully saturated rings. The van der Waals surface area contributed by atoms with E-state index in [-0.39, 0.29) is 11.6 Å². The van der Waals surface area contributed by atoms with Gasteiger partial charge in [0, 0.05) is 54.6 Å². The molecule has 1 aliphatic heterocycles. The number of fused-ring (bicyclic) bond motifs is 1. The molecule has 0 spiro atoms. The van der Waals surface area contributed by atoms with Gasteiger partial charge in [0.05, 0.1) is 4.47 Å². The van der Waals surface area contributed by atoms with E-state index >= 15 is 0 Å². The van der Waals surface area contributed by atoms with Crippen molar-refractivity contribution in [1.82, 2.24) is 14.9 Å². The Labute approximate surface area is 153 Å². The average molecular weight is 402 g/mol. The van der Waals surface area contributed by atoms with Crippen molar-refractivity contribution < 1.29 is 9.50 Å². The number of aromatic hydroxyl groups is 1. The molecule has 0 saturated carbocycles. The highest BCUT2D eigenvalue weighted by molar-refractivity contribution is 9.10. The zero-order valence-electron chi connectivity index (χ0n) is 13.5. The second-order valence-electron chi connectivity index (χ2n) is 6.21. The zero-order chi connectivity index (χ0) is 17.4. The Morgan fingerprint density at radius 1 is 1.36 bits per heavy atom. The molecule has 1 aliphatic rings. The van der Waals surface area contributed by atoms with Crippen LogP contribution in [-0.4, -0.2) is 33.1 Å². The maximum atomic E-state index is 14.0. The van der Waals surface area contributed by atoms with Gasteiger partial charge >= 0.3 is 0 Å². The topological polar surface area (TPSA) is 52.1 Å². The van der Waals surface area contributed by atoms with Gasteiger partial charge < -0.3 is 10.1 Å². The molecular weight excluding hydrogens is 385 g/mol. The summed E-state index contributed by atoms with van der Waals surface area (Å²) in [6.45, 7) is 2.14. The number of rotatable bonds is 3. The fourth-order valence-electron chi connectivity index (χ4n) is 3.26. The largest absolute Gasteiger partial charge is 0.507 e. The van der Waals surface area contributed by atoms with Crippen molar-refractivity contribution in [3.63, 3.8) is 0 Å². The van der Waals surface area contributed by atoms with E-state index in [0.717, 1.165) is 36.6 Å². The van der Waals surface area contributed by atoms with Gasteiger partial charge in [0.1, 0.15) is 17.2 Å². The third-order valence-electron chi connectivity index (χ3n) is 4.60. The second kappa shape index (κ2) is 6.61.